The summed E-state index contributed by atoms with van der Waals surface area (Å²) in [5, 5.41) is 0. The smallest absolute Gasteiger partial charge is 0.156 e. The van der Waals surface area contributed by atoms with Gasteiger partial charge in [-0.15, -0.1) is 0 Å². The van der Waals surface area contributed by atoms with Gasteiger partial charge in [-0.05, 0) is 66.4 Å². The van der Waals surface area contributed by atoms with Crippen LogP contribution in [0.1, 0.15) is 65.7 Å². The van der Waals surface area contributed by atoms with E-state index in [1.54, 1.807) is 0 Å². The first-order valence-corrected chi connectivity index (χ1v) is 9.28. The Kier molecular flexibility index (Phi) is 3.28. The van der Waals surface area contributed by atoms with Gasteiger partial charge in [0.15, 0.2) is 5.78 Å². The van der Waals surface area contributed by atoms with Gasteiger partial charge in [0.25, 0.3) is 0 Å². The van der Waals surface area contributed by atoms with Gasteiger partial charge < -0.3 is 0 Å². The summed E-state index contributed by atoms with van der Waals surface area (Å²) in [6.07, 6.45) is 11.1. The van der Waals surface area contributed by atoms with Crippen LogP contribution in [0.4, 0.5) is 0 Å². The van der Waals surface area contributed by atoms with Crippen molar-refractivity contribution < 1.29 is 9.59 Å². The van der Waals surface area contributed by atoms with Crippen LogP contribution in [0.25, 0.3) is 0 Å². The average molecular weight is 312 g/mol. The molecule has 0 spiro atoms. The van der Waals surface area contributed by atoms with E-state index < -0.39 is 0 Å². The van der Waals surface area contributed by atoms with Crippen molar-refractivity contribution in [2.45, 2.75) is 65.7 Å². The van der Waals surface area contributed by atoms with Gasteiger partial charge in [0, 0.05) is 19.3 Å². The van der Waals surface area contributed by atoms with Crippen LogP contribution in [-0.4, -0.2) is 11.6 Å². The van der Waals surface area contributed by atoms with Crippen LogP contribution in [0.15, 0.2) is 23.3 Å². The highest BCUT2D eigenvalue weighted by atomic mass is 16.1. The molecule has 5 unspecified atom stereocenters. The number of carbonyl (C=O) groups is 2. The lowest BCUT2D eigenvalue weighted by Crippen LogP contribution is -2.43. The van der Waals surface area contributed by atoms with Crippen LogP contribution >= 0.6 is 0 Å². The molecular weight excluding hydrogens is 284 g/mol. The molecule has 0 N–H and O–H groups in total. The minimum absolute atomic E-state index is 0.134. The SMILES string of the molecule is CC1=CC2=CC(=O)CCC2(C)C2CCCC3(C)CC(=O)CC3C12. The summed E-state index contributed by atoms with van der Waals surface area (Å²) in [5.74, 6) is 2.40. The predicted molar refractivity (Wildman–Crippen MR) is 90.9 cm³/mol. The van der Waals surface area contributed by atoms with E-state index in [0.717, 1.165) is 19.3 Å². The van der Waals surface area contributed by atoms with Crippen molar-refractivity contribution in [3.63, 3.8) is 0 Å². The number of carbonyl (C=O) groups excluding carboxylic acids is 2. The first kappa shape index (κ1) is 15.4. The highest BCUT2D eigenvalue weighted by molar-refractivity contribution is 5.92. The zero-order valence-electron chi connectivity index (χ0n) is 14.7. The lowest BCUT2D eigenvalue weighted by molar-refractivity contribution is -0.118. The van der Waals surface area contributed by atoms with E-state index >= 15 is 0 Å². The summed E-state index contributed by atoms with van der Waals surface area (Å²) in [7, 11) is 0. The van der Waals surface area contributed by atoms with Gasteiger partial charge >= 0.3 is 0 Å². The van der Waals surface area contributed by atoms with E-state index in [1.165, 1.54) is 30.4 Å². The van der Waals surface area contributed by atoms with Crippen molar-refractivity contribution in [1.29, 1.82) is 0 Å². The second kappa shape index (κ2) is 4.91. The van der Waals surface area contributed by atoms with Gasteiger partial charge in [-0.25, -0.2) is 0 Å². The van der Waals surface area contributed by atoms with E-state index in [9.17, 15) is 9.59 Å². The molecule has 0 aromatic heterocycles. The summed E-state index contributed by atoms with van der Waals surface area (Å²) >= 11 is 0. The Morgan fingerprint density at radius 2 is 1.87 bits per heavy atom. The topological polar surface area (TPSA) is 34.1 Å². The number of allylic oxidation sites excluding steroid dienone is 4. The molecule has 2 heteroatoms. The van der Waals surface area contributed by atoms with E-state index in [1.807, 2.05) is 6.08 Å². The zero-order chi connectivity index (χ0) is 16.4. The summed E-state index contributed by atoms with van der Waals surface area (Å²) < 4.78 is 0. The quantitative estimate of drug-likeness (QED) is 0.653. The molecule has 0 amide bonds. The molecule has 2 nitrogen and oxygen atoms in total. The molecule has 2 saturated carbocycles. The van der Waals surface area contributed by atoms with Gasteiger partial charge in [-0.1, -0.05) is 31.9 Å². The molecule has 0 aromatic carbocycles. The largest absolute Gasteiger partial charge is 0.300 e. The maximum absolute atomic E-state index is 12.2. The summed E-state index contributed by atoms with van der Waals surface area (Å²) in [5.41, 5.74) is 3.02. The Labute approximate surface area is 139 Å². The minimum atomic E-state index is 0.134. The number of ketones is 2. The molecule has 23 heavy (non-hydrogen) atoms. The van der Waals surface area contributed by atoms with Crippen LogP contribution in [0.3, 0.4) is 0 Å². The van der Waals surface area contributed by atoms with Gasteiger partial charge in [-0.2, -0.15) is 0 Å². The van der Waals surface area contributed by atoms with Crippen LogP contribution < -0.4 is 0 Å². The van der Waals surface area contributed by atoms with Crippen LogP contribution in [-0.2, 0) is 9.59 Å². The van der Waals surface area contributed by atoms with Gasteiger partial charge in [-0.3, -0.25) is 9.59 Å². The number of hydrogen-bond donors (Lipinski definition) is 0. The molecule has 5 atom stereocenters. The van der Waals surface area contributed by atoms with Gasteiger partial charge in [0.2, 0.25) is 0 Å². The summed E-state index contributed by atoms with van der Waals surface area (Å²) in [6, 6.07) is 0. The number of Topliss-reactive ketones (excluding diaryl/α,β-unsaturated/α-hetero) is 1. The third kappa shape index (κ3) is 2.13. The van der Waals surface area contributed by atoms with E-state index in [2.05, 4.69) is 26.8 Å². The highest BCUT2D eigenvalue weighted by Crippen LogP contribution is 2.62. The van der Waals surface area contributed by atoms with Crippen LogP contribution in [0.5, 0.6) is 0 Å². The first-order chi connectivity index (χ1) is 10.8. The number of hydrogen-bond acceptors (Lipinski definition) is 2. The van der Waals surface area contributed by atoms with Crippen molar-refractivity contribution >= 4 is 11.6 Å². The van der Waals surface area contributed by atoms with Crippen molar-refractivity contribution in [3.8, 4) is 0 Å². The molecule has 0 bridgehead atoms. The minimum Gasteiger partial charge on any atom is -0.300 e. The highest BCUT2D eigenvalue weighted by Gasteiger charge is 2.56. The van der Waals surface area contributed by atoms with Gasteiger partial charge in [0.1, 0.15) is 5.78 Å². The molecule has 0 saturated heterocycles. The molecule has 2 fully saturated rings. The molecule has 0 radical (unpaired) electrons. The summed E-state index contributed by atoms with van der Waals surface area (Å²) in [4.78, 5) is 24.2. The standard InChI is InChI=1S/C21H28O2/c1-13-9-14-10-15(22)6-8-21(14,3)17-5-4-7-20(2)12-16(23)11-18(20)19(13)17/h9-10,17-19H,4-8,11-12H2,1-3H3. The van der Waals surface area contributed by atoms with Crippen LogP contribution in [0.2, 0.25) is 0 Å². The third-order valence-corrected chi connectivity index (χ3v) is 7.67. The molecule has 4 rings (SSSR count). The lowest BCUT2D eigenvalue weighted by atomic mass is 9.53. The molecule has 0 aromatic rings. The zero-order valence-corrected chi connectivity index (χ0v) is 14.7. The van der Waals surface area contributed by atoms with Crippen molar-refractivity contribution in [2.24, 2.45) is 28.6 Å². The van der Waals surface area contributed by atoms with E-state index in [0.29, 0.717) is 30.0 Å². The van der Waals surface area contributed by atoms with Crippen molar-refractivity contribution in [2.75, 3.05) is 0 Å². The third-order valence-electron chi connectivity index (χ3n) is 7.67. The second-order valence-corrected chi connectivity index (χ2v) is 9.08. The Morgan fingerprint density at radius 3 is 2.65 bits per heavy atom. The molecule has 124 valence electrons. The Morgan fingerprint density at radius 1 is 1.09 bits per heavy atom. The van der Waals surface area contributed by atoms with Gasteiger partial charge in [0.05, 0.1) is 0 Å². The Hall–Kier alpha value is -1.18. The van der Waals surface area contributed by atoms with E-state index in [4.69, 9.17) is 0 Å². The fourth-order valence-electron chi connectivity index (χ4n) is 6.40. The predicted octanol–water partition coefficient (Wildman–Crippen LogP) is 4.64. The normalized spacial score (nSPS) is 46.3. The number of rotatable bonds is 0. The molecule has 4 aliphatic carbocycles. The Bertz CT molecular complexity index is 640. The number of fused-ring (bicyclic) bond motifs is 5. The molecule has 4 aliphatic rings. The maximum atomic E-state index is 12.2. The van der Waals surface area contributed by atoms with Crippen molar-refractivity contribution in [1.82, 2.24) is 0 Å². The molecule has 0 aliphatic heterocycles. The van der Waals surface area contributed by atoms with E-state index in [-0.39, 0.29) is 16.6 Å². The lowest BCUT2D eigenvalue weighted by Gasteiger charge is -2.51. The average Bonchev–Trinajstić information content (AvgIpc) is 2.67. The first-order valence-electron chi connectivity index (χ1n) is 9.28. The maximum Gasteiger partial charge on any atom is 0.156 e. The Balaban J connectivity index is 1.83. The molecular formula is C21H28O2. The summed E-state index contributed by atoms with van der Waals surface area (Å²) in [6.45, 7) is 6.98. The monoisotopic (exact) mass is 312 g/mol. The molecule has 0 heterocycles. The second-order valence-electron chi connectivity index (χ2n) is 9.08. The van der Waals surface area contributed by atoms with Crippen molar-refractivity contribution in [3.05, 3.63) is 23.3 Å². The fraction of sp³-hybridized carbons (Fsp3) is 0.714. The fourth-order valence-corrected chi connectivity index (χ4v) is 6.40. The van der Waals surface area contributed by atoms with Crippen LogP contribution in [0, 0.1) is 28.6 Å².